The Hall–Kier alpha value is -1.68. The van der Waals surface area contributed by atoms with Crippen LogP contribution in [0.4, 0.5) is 0 Å². The van der Waals surface area contributed by atoms with Crippen LogP contribution in [-0.2, 0) is 0 Å². The molecule has 0 saturated carbocycles. The first-order chi connectivity index (χ1) is 7.34. The summed E-state index contributed by atoms with van der Waals surface area (Å²) in [5, 5.41) is 4.25. The maximum absolute atomic E-state index is 4.30. The van der Waals surface area contributed by atoms with Crippen LogP contribution in [0, 0.1) is 6.92 Å². The van der Waals surface area contributed by atoms with E-state index >= 15 is 0 Å². The van der Waals surface area contributed by atoms with Gasteiger partial charge in [0.1, 0.15) is 5.51 Å². The molecule has 3 aromatic rings. The smallest absolute Gasteiger partial charge is 0.212 e. The molecule has 0 atom stereocenters. The molecule has 2 aromatic heterocycles. The number of rotatable bonds is 1. The van der Waals surface area contributed by atoms with Crippen molar-refractivity contribution in [2.45, 2.75) is 6.92 Å². The van der Waals surface area contributed by atoms with Gasteiger partial charge >= 0.3 is 0 Å². The summed E-state index contributed by atoms with van der Waals surface area (Å²) in [6, 6.07) is 8.39. The minimum Gasteiger partial charge on any atom is -0.225 e. The number of imidazole rings is 1. The van der Waals surface area contributed by atoms with Gasteiger partial charge in [-0.3, -0.25) is 0 Å². The Bertz CT molecular complexity index is 592. The molecule has 0 N–H and O–H groups in total. The van der Waals surface area contributed by atoms with E-state index in [4.69, 9.17) is 0 Å². The third kappa shape index (κ3) is 1.34. The highest BCUT2D eigenvalue weighted by atomic mass is 32.1. The molecule has 4 heteroatoms. The molecule has 0 fully saturated rings. The summed E-state index contributed by atoms with van der Waals surface area (Å²) in [7, 11) is 0. The van der Waals surface area contributed by atoms with Crippen LogP contribution in [0.1, 0.15) is 5.56 Å². The van der Waals surface area contributed by atoms with Crippen LogP contribution >= 0.6 is 11.3 Å². The Morgan fingerprint density at radius 3 is 2.80 bits per heavy atom. The quantitative estimate of drug-likeness (QED) is 0.624. The van der Waals surface area contributed by atoms with Gasteiger partial charge in [-0.05, 0) is 6.92 Å². The van der Waals surface area contributed by atoms with E-state index in [1.807, 2.05) is 10.7 Å². The fourth-order valence-electron chi connectivity index (χ4n) is 1.56. The molecular formula is C11H9N3S. The average molecular weight is 215 g/mol. The van der Waals surface area contributed by atoms with Crippen LogP contribution in [-0.4, -0.2) is 14.6 Å². The fourth-order valence-corrected chi connectivity index (χ4v) is 2.15. The minimum atomic E-state index is 0.936. The van der Waals surface area contributed by atoms with E-state index in [1.54, 1.807) is 16.8 Å². The molecule has 15 heavy (non-hydrogen) atoms. The molecule has 3 nitrogen and oxygen atoms in total. The molecule has 0 spiro atoms. The number of aromatic nitrogens is 3. The molecule has 0 amide bonds. The summed E-state index contributed by atoms with van der Waals surface area (Å²) in [5.74, 6) is 0. The van der Waals surface area contributed by atoms with Crippen LogP contribution < -0.4 is 0 Å². The van der Waals surface area contributed by atoms with Gasteiger partial charge in [-0.15, -0.1) is 0 Å². The lowest BCUT2D eigenvalue weighted by molar-refractivity contribution is 0.981. The number of benzene rings is 1. The number of aryl methyl sites for hydroxylation is 1. The largest absolute Gasteiger partial charge is 0.225 e. The predicted octanol–water partition coefficient (Wildman–Crippen LogP) is 2.77. The molecule has 0 aliphatic rings. The van der Waals surface area contributed by atoms with Crippen LogP contribution in [0.15, 0.2) is 36.0 Å². The monoisotopic (exact) mass is 215 g/mol. The van der Waals surface area contributed by atoms with Gasteiger partial charge in [-0.2, -0.15) is 5.10 Å². The first-order valence-electron chi connectivity index (χ1n) is 4.69. The molecule has 1 aromatic carbocycles. The second kappa shape index (κ2) is 3.17. The van der Waals surface area contributed by atoms with Crippen LogP contribution in [0.25, 0.3) is 16.2 Å². The highest BCUT2D eigenvalue weighted by Gasteiger charge is 2.06. The molecular weight excluding hydrogens is 206 g/mol. The number of hydrogen-bond donors (Lipinski definition) is 0. The molecule has 0 bridgehead atoms. The summed E-state index contributed by atoms with van der Waals surface area (Å²) in [5.41, 5.74) is 5.27. The van der Waals surface area contributed by atoms with Crippen molar-refractivity contribution < 1.29 is 0 Å². The van der Waals surface area contributed by atoms with Crippen molar-refractivity contribution in [3.05, 3.63) is 41.5 Å². The lowest BCUT2D eigenvalue weighted by Crippen LogP contribution is -1.87. The van der Waals surface area contributed by atoms with Gasteiger partial charge in [-0.1, -0.05) is 41.2 Å². The Balaban J connectivity index is 2.21. The Morgan fingerprint density at radius 1 is 1.20 bits per heavy atom. The summed E-state index contributed by atoms with van der Waals surface area (Å²) < 4.78 is 1.87. The zero-order valence-corrected chi connectivity index (χ0v) is 9.03. The second-order valence-corrected chi connectivity index (χ2v) is 4.25. The van der Waals surface area contributed by atoms with Gasteiger partial charge < -0.3 is 0 Å². The average Bonchev–Trinajstić information content (AvgIpc) is 2.80. The van der Waals surface area contributed by atoms with E-state index in [9.17, 15) is 0 Å². The van der Waals surface area contributed by atoms with Crippen molar-refractivity contribution in [3.63, 3.8) is 0 Å². The zero-order valence-electron chi connectivity index (χ0n) is 8.21. The summed E-state index contributed by atoms with van der Waals surface area (Å²) in [4.78, 5) is 5.23. The molecule has 2 heterocycles. The fraction of sp³-hybridized carbons (Fsp3) is 0.0909. The standard InChI is InChI=1S/C11H9N3S/c1-8-2-4-9(5-3-8)10-6-12-11-14(10)13-7-15-11/h2-7H,1H3. The maximum Gasteiger partial charge on any atom is 0.212 e. The van der Waals surface area contributed by atoms with Crippen molar-refractivity contribution >= 4 is 16.3 Å². The number of fused-ring (bicyclic) bond motifs is 1. The van der Waals surface area contributed by atoms with Crippen LogP contribution in [0.3, 0.4) is 0 Å². The van der Waals surface area contributed by atoms with Gasteiger partial charge in [0.05, 0.1) is 11.9 Å². The van der Waals surface area contributed by atoms with E-state index in [1.165, 1.54) is 5.56 Å². The second-order valence-electron chi connectivity index (χ2n) is 3.44. The van der Waals surface area contributed by atoms with E-state index < -0.39 is 0 Å². The highest BCUT2D eigenvalue weighted by Crippen LogP contribution is 2.21. The van der Waals surface area contributed by atoms with E-state index in [0.29, 0.717) is 0 Å². The van der Waals surface area contributed by atoms with Crippen LogP contribution in [0.2, 0.25) is 0 Å². The molecule has 0 radical (unpaired) electrons. The van der Waals surface area contributed by atoms with Gasteiger partial charge in [-0.25, -0.2) is 9.50 Å². The van der Waals surface area contributed by atoms with E-state index in [-0.39, 0.29) is 0 Å². The maximum atomic E-state index is 4.30. The lowest BCUT2D eigenvalue weighted by Gasteiger charge is -1.98. The third-order valence-electron chi connectivity index (χ3n) is 2.37. The van der Waals surface area contributed by atoms with Gasteiger partial charge in [0.2, 0.25) is 4.96 Å². The topological polar surface area (TPSA) is 30.2 Å². The molecule has 0 unspecified atom stereocenters. The summed E-state index contributed by atoms with van der Waals surface area (Å²) >= 11 is 1.55. The lowest BCUT2D eigenvalue weighted by atomic mass is 10.1. The van der Waals surface area contributed by atoms with Crippen molar-refractivity contribution in [3.8, 4) is 11.3 Å². The van der Waals surface area contributed by atoms with Crippen molar-refractivity contribution in [2.75, 3.05) is 0 Å². The van der Waals surface area contributed by atoms with E-state index in [0.717, 1.165) is 16.2 Å². The van der Waals surface area contributed by atoms with Gasteiger partial charge in [0.15, 0.2) is 0 Å². The minimum absolute atomic E-state index is 0.936. The third-order valence-corrected chi connectivity index (χ3v) is 3.06. The number of hydrogen-bond acceptors (Lipinski definition) is 3. The van der Waals surface area contributed by atoms with Crippen molar-refractivity contribution in [2.24, 2.45) is 0 Å². The molecule has 0 aliphatic carbocycles. The van der Waals surface area contributed by atoms with Crippen molar-refractivity contribution in [1.82, 2.24) is 14.6 Å². The molecule has 3 rings (SSSR count). The summed E-state index contributed by atoms with van der Waals surface area (Å²) in [6.45, 7) is 2.08. The summed E-state index contributed by atoms with van der Waals surface area (Å²) in [6.07, 6.45) is 1.86. The predicted molar refractivity (Wildman–Crippen MR) is 61.0 cm³/mol. The van der Waals surface area contributed by atoms with Crippen molar-refractivity contribution in [1.29, 1.82) is 0 Å². The molecule has 74 valence electrons. The normalized spacial score (nSPS) is 11.0. The molecule has 0 aliphatic heterocycles. The Kier molecular flexibility index (Phi) is 1.82. The first kappa shape index (κ1) is 8.61. The zero-order chi connectivity index (χ0) is 10.3. The van der Waals surface area contributed by atoms with Gasteiger partial charge in [0.25, 0.3) is 0 Å². The first-order valence-corrected chi connectivity index (χ1v) is 5.57. The highest BCUT2D eigenvalue weighted by molar-refractivity contribution is 7.14. The number of nitrogens with zero attached hydrogens (tertiary/aromatic N) is 3. The molecule has 0 saturated heterocycles. The SMILES string of the molecule is Cc1ccc(-c2cnc3scnn23)cc1. The Labute approximate surface area is 91.0 Å². The van der Waals surface area contributed by atoms with Crippen LogP contribution in [0.5, 0.6) is 0 Å². The van der Waals surface area contributed by atoms with E-state index in [2.05, 4.69) is 41.3 Å². The van der Waals surface area contributed by atoms with Gasteiger partial charge in [0, 0.05) is 5.56 Å². The Morgan fingerprint density at radius 2 is 2.00 bits per heavy atom.